The molecule has 6 heteroatoms. The van der Waals surface area contributed by atoms with Gasteiger partial charge in [0.1, 0.15) is 12.4 Å². The topological polar surface area (TPSA) is 79.0 Å². The highest BCUT2D eigenvalue weighted by Crippen LogP contribution is 2.23. The van der Waals surface area contributed by atoms with Crippen molar-refractivity contribution < 1.29 is 4.74 Å². The van der Waals surface area contributed by atoms with E-state index in [0.29, 0.717) is 12.6 Å². The van der Waals surface area contributed by atoms with Gasteiger partial charge in [-0.05, 0) is 30.2 Å². The molecule has 1 heterocycles. The number of hydrogen-bond donors (Lipinski definition) is 2. The molecule has 6 nitrogen and oxygen atoms in total. The van der Waals surface area contributed by atoms with Gasteiger partial charge < -0.3 is 20.4 Å². The van der Waals surface area contributed by atoms with Crippen molar-refractivity contribution in [2.24, 2.45) is 15.9 Å². The van der Waals surface area contributed by atoms with E-state index >= 15 is 0 Å². The zero-order valence-electron chi connectivity index (χ0n) is 18.6. The van der Waals surface area contributed by atoms with E-state index < -0.39 is 0 Å². The summed E-state index contributed by atoms with van der Waals surface area (Å²) in [5.74, 6) is 1.25. The molecule has 2 aromatic carbocycles. The predicted molar refractivity (Wildman–Crippen MR) is 130 cm³/mol. The van der Waals surface area contributed by atoms with Crippen LogP contribution in [0.3, 0.4) is 0 Å². The molecule has 0 amide bonds. The third-order valence-electron chi connectivity index (χ3n) is 5.28. The molecule has 0 bridgehead atoms. The summed E-state index contributed by atoms with van der Waals surface area (Å²) in [6, 6.07) is 16.1. The summed E-state index contributed by atoms with van der Waals surface area (Å²) in [5, 5.41) is 9.40. The number of nitrogens with one attached hydrogen (secondary N) is 1. The van der Waals surface area contributed by atoms with Crippen molar-refractivity contribution in [3.05, 3.63) is 65.9 Å². The van der Waals surface area contributed by atoms with Gasteiger partial charge in [0.15, 0.2) is 0 Å². The maximum atomic E-state index is 6.06. The highest BCUT2D eigenvalue weighted by atomic mass is 16.5. The number of guanidine groups is 1. The molecule has 0 fully saturated rings. The van der Waals surface area contributed by atoms with Gasteiger partial charge in [0.25, 0.3) is 0 Å². The molecule has 0 saturated carbocycles. The van der Waals surface area contributed by atoms with Gasteiger partial charge in [-0.2, -0.15) is 5.10 Å². The van der Waals surface area contributed by atoms with Crippen molar-refractivity contribution in [1.82, 2.24) is 9.88 Å². The summed E-state index contributed by atoms with van der Waals surface area (Å²) in [6.07, 6.45) is 9.80. The lowest BCUT2D eigenvalue weighted by molar-refractivity contribution is 0.306. The van der Waals surface area contributed by atoms with Gasteiger partial charge in [-0.15, -0.1) is 5.10 Å². The molecule has 0 saturated heterocycles. The Labute approximate surface area is 184 Å². The van der Waals surface area contributed by atoms with Crippen molar-refractivity contribution >= 4 is 23.1 Å². The van der Waals surface area contributed by atoms with Crippen LogP contribution in [-0.2, 0) is 6.61 Å². The number of H-pyrrole nitrogens is 1. The molecule has 0 aliphatic rings. The molecule has 3 N–H and O–H groups in total. The van der Waals surface area contributed by atoms with Gasteiger partial charge >= 0.3 is 0 Å². The van der Waals surface area contributed by atoms with Crippen LogP contribution in [0, 0.1) is 0 Å². The normalized spacial score (nSPS) is 12.0. The van der Waals surface area contributed by atoms with Gasteiger partial charge in [-0.25, -0.2) is 0 Å². The molecule has 0 spiro atoms. The Hall–Kier alpha value is -3.28. The SMILES string of the molecule is CCCCCCCN(C)/C(N)=N/N=C/c1c[nH]c2ccc(OCc3ccccc3)cc12. The van der Waals surface area contributed by atoms with Crippen LogP contribution in [0.4, 0.5) is 0 Å². The molecular formula is C25H33N5O. The molecular weight excluding hydrogens is 386 g/mol. The number of nitrogens with two attached hydrogens (primary N) is 1. The zero-order chi connectivity index (χ0) is 21.9. The van der Waals surface area contributed by atoms with E-state index in [1.54, 1.807) is 6.21 Å². The number of hydrogen-bond acceptors (Lipinski definition) is 3. The second-order valence-electron chi connectivity index (χ2n) is 7.76. The number of benzene rings is 2. The van der Waals surface area contributed by atoms with Crippen LogP contribution < -0.4 is 10.5 Å². The minimum Gasteiger partial charge on any atom is -0.489 e. The van der Waals surface area contributed by atoms with Gasteiger partial charge in [0, 0.05) is 36.3 Å². The fourth-order valence-electron chi connectivity index (χ4n) is 3.35. The quantitative estimate of drug-likeness (QED) is 0.192. The highest BCUT2D eigenvalue weighted by molar-refractivity contribution is 5.99. The summed E-state index contributed by atoms with van der Waals surface area (Å²) in [4.78, 5) is 5.21. The van der Waals surface area contributed by atoms with Gasteiger partial charge in [0.05, 0.1) is 6.21 Å². The number of aromatic nitrogens is 1. The standard InChI is InChI=1S/C25H33N5O/c1-3-4-5-6-10-15-30(2)25(26)29-28-18-21-17-27-24-14-13-22(16-23(21)24)31-19-20-11-8-7-9-12-20/h7-9,11-14,16-18,27H,3-6,10,15,19H2,1-2H3,(H2,26,29)/b28-18+. The van der Waals surface area contributed by atoms with Crippen LogP contribution in [0.5, 0.6) is 5.75 Å². The van der Waals surface area contributed by atoms with Gasteiger partial charge in [-0.1, -0.05) is 62.9 Å². The molecule has 3 aromatic rings. The first-order valence-electron chi connectivity index (χ1n) is 11.0. The van der Waals surface area contributed by atoms with E-state index in [2.05, 4.69) is 34.2 Å². The summed E-state index contributed by atoms with van der Waals surface area (Å²) in [6.45, 7) is 3.65. The van der Waals surface area contributed by atoms with Crippen molar-refractivity contribution in [2.45, 2.75) is 45.6 Å². The minimum atomic E-state index is 0.429. The Balaban J connectivity index is 1.58. The largest absolute Gasteiger partial charge is 0.489 e. The van der Waals surface area contributed by atoms with E-state index in [4.69, 9.17) is 10.5 Å². The minimum absolute atomic E-state index is 0.429. The van der Waals surface area contributed by atoms with Crippen LogP contribution in [0.15, 0.2) is 64.9 Å². The molecule has 0 aliphatic carbocycles. The first kappa shape index (κ1) is 22.4. The molecule has 0 aliphatic heterocycles. The monoisotopic (exact) mass is 419 g/mol. The van der Waals surface area contributed by atoms with Crippen LogP contribution >= 0.6 is 0 Å². The number of unbranched alkanes of at least 4 members (excludes halogenated alkanes) is 4. The lowest BCUT2D eigenvalue weighted by Crippen LogP contribution is -2.34. The maximum absolute atomic E-state index is 6.06. The van der Waals surface area contributed by atoms with Crippen LogP contribution in [-0.4, -0.2) is 35.7 Å². The molecule has 0 unspecified atom stereocenters. The smallest absolute Gasteiger partial charge is 0.216 e. The highest BCUT2D eigenvalue weighted by Gasteiger charge is 2.05. The van der Waals surface area contributed by atoms with Crippen molar-refractivity contribution in [1.29, 1.82) is 0 Å². The second-order valence-corrected chi connectivity index (χ2v) is 7.76. The molecule has 1 aromatic heterocycles. The number of nitrogens with zero attached hydrogens (tertiary/aromatic N) is 3. The summed E-state index contributed by atoms with van der Waals surface area (Å²) < 4.78 is 5.95. The van der Waals surface area contributed by atoms with Crippen molar-refractivity contribution in [2.75, 3.05) is 13.6 Å². The third kappa shape index (κ3) is 6.88. The number of ether oxygens (including phenoxy) is 1. The Morgan fingerprint density at radius 3 is 2.71 bits per heavy atom. The number of fused-ring (bicyclic) bond motifs is 1. The Morgan fingerprint density at radius 2 is 1.90 bits per heavy atom. The maximum Gasteiger partial charge on any atom is 0.216 e. The van der Waals surface area contributed by atoms with Crippen LogP contribution in [0.25, 0.3) is 10.9 Å². The average molecular weight is 420 g/mol. The average Bonchev–Trinajstić information content (AvgIpc) is 3.20. The molecule has 31 heavy (non-hydrogen) atoms. The van der Waals surface area contributed by atoms with Gasteiger partial charge in [0.2, 0.25) is 5.96 Å². The Bertz CT molecular complexity index is 994. The Morgan fingerprint density at radius 1 is 1.10 bits per heavy atom. The zero-order valence-corrected chi connectivity index (χ0v) is 18.6. The van der Waals surface area contributed by atoms with E-state index in [-0.39, 0.29) is 0 Å². The fourth-order valence-corrected chi connectivity index (χ4v) is 3.35. The summed E-state index contributed by atoms with van der Waals surface area (Å²) >= 11 is 0. The van der Waals surface area contributed by atoms with E-state index in [1.165, 1.54) is 25.7 Å². The second kappa shape index (κ2) is 11.8. The van der Waals surface area contributed by atoms with Crippen LogP contribution in [0.2, 0.25) is 0 Å². The third-order valence-corrected chi connectivity index (χ3v) is 5.28. The van der Waals surface area contributed by atoms with Gasteiger partial charge in [-0.3, -0.25) is 0 Å². The Kier molecular flexibility index (Phi) is 8.52. The lowest BCUT2D eigenvalue weighted by Gasteiger charge is -2.16. The first-order chi connectivity index (χ1) is 15.2. The van der Waals surface area contributed by atoms with E-state index in [9.17, 15) is 0 Å². The first-order valence-corrected chi connectivity index (χ1v) is 11.0. The predicted octanol–water partition coefficient (Wildman–Crippen LogP) is 5.30. The van der Waals surface area contributed by atoms with Crippen molar-refractivity contribution in [3.63, 3.8) is 0 Å². The molecule has 164 valence electrons. The number of rotatable bonds is 11. The molecule has 3 rings (SSSR count). The van der Waals surface area contributed by atoms with Crippen molar-refractivity contribution in [3.8, 4) is 5.75 Å². The van der Waals surface area contributed by atoms with E-state index in [1.807, 2.05) is 54.5 Å². The van der Waals surface area contributed by atoms with E-state index in [0.717, 1.165) is 40.7 Å². The number of aromatic amines is 1. The molecule has 0 atom stereocenters. The summed E-state index contributed by atoms with van der Waals surface area (Å²) in [5.41, 5.74) is 9.17. The fraction of sp³-hybridized carbons (Fsp3) is 0.360. The van der Waals surface area contributed by atoms with Crippen LogP contribution in [0.1, 0.15) is 50.2 Å². The molecule has 0 radical (unpaired) electrons. The lowest BCUT2D eigenvalue weighted by atomic mass is 10.1. The summed E-state index contributed by atoms with van der Waals surface area (Å²) in [7, 11) is 1.95.